The summed E-state index contributed by atoms with van der Waals surface area (Å²) in [7, 11) is 0. The summed E-state index contributed by atoms with van der Waals surface area (Å²) in [6.07, 6.45) is -11.2. The Balaban J connectivity index is 2.76. The first-order valence-corrected chi connectivity index (χ1v) is 4.69. The van der Waals surface area contributed by atoms with Gasteiger partial charge in [-0.2, -0.15) is 26.3 Å². The highest BCUT2D eigenvalue weighted by Crippen LogP contribution is 2.41. The summed E-state index contributed by atoms with van der Waals surface area (Å²) in [6, 6.07) is 0. The molecule has 0 radical (unpaired) electrons. The van der Waals surface area contributed by atoms with E-state index in [1.807, 2.05) is 0 Å². The molecule has 0 atom stereocenters. The van der Waals surface area contributed by atoms with Gasteiger partial charge in [0.25, 0.3) is 0 Å². The van der Waals surface area contributed by atoms with Crippen LogP contribution in [0.3, 0.4) is 0 Å². The molecule has 3 nitrogen and oxygen atoms in total. The first-order valence-electron chi connectivity index (χ1n) is 4.69. The summed E-state index contributed by atoms with van der Waals surface area (Å²) in [5.74, 6) is -6.11. The van der Waals surface area contributed by atoms with Crippen LogP contribution in [0.25, 0.3) is 0 Å². The molecule has 0 aromatic rings. The van der Waals surface area contributed by atoms with Gasteiger partial charge in [-0.3, -0.25) is 4.79 Å². The Bertz CT molecular complexity index is 279. The molecule has 0 unspecified atom stereocenters. The highest BCUT2D eigenvalue weighted by Gasteiger charge is 2.62. The number of carbonyl (C=O) groups is 1. The van der Waals surface area contributed by atoms with Crippen LogP contribution < -0.4 is 5.73 Å². The normalized spacial score (nSPS) is 18.5. The van der Waals surface area contributed by atoms with Gasteiger partial charge in [-0.05, 0) is 6.54 Å². The van der Waals surface area contributed by atoms with Crippen LogP contribution in [0.15, 0.2) is 0 Å². The van der Waals surface area contributed by atoms with Crippen molar-refractivity contribution in [2.45, 2.75) is 12.4 Å². The molecule has 0 bridgehead atoms. The van der Waals surface area contributed by atoms with Crippen LogP contribution in [0.1, 0.15) is 0 Å². The SMILES string of the molecule is NCC1CN(C(=O)C(C(F)(F)F)C(F)(F)F)C1. The fourth-order valence-electron chi connectivity index (χ4n) is 1.55. The summed E-state index contributed by atoms with van der Waals surface area (Å²) in [5.41, 5.74) is 5.16. The lowest BCUT2D eigenvalue weighted by Crippen LogP contribution is -2.58. The Labute approximate surface area is 92.5 Å². The van der Waals surface area contributed by atoms with E-state index in [2.05, 4.69) is 0 Å². The number of amides is 1. The third-order valence-electron chi connectivity index (χ3n) is 2.50. The van der Waals surface area contributed by atoms with Crippen LogP contribution >= 0.6 is 0 Å². The van der Waals surface area contributed by atoms with E-state index in [1.165, 1.54) is 0 Å². The van der Waals surface area contributed by atoms with Crippen molar-refractivity contribution in [2.75, 3.05) is 19.6 Å². The van der Waals surface area contributed by atoms with Gasteiger partial charge < -0.3 is 10.6 Å². The zero-order valence-corrected chi connectivity index (χ0v) is 8.48. The van der Waals surface area contributed by atoms with Gasteiger partial charge in [0.05, 0.1) is 0 Å². The Morgan fingerprint density at radius 1 is 1.18 bits per heavy atom. The number of alkyl halides is 6. The molecule has 1 heterocycles. The third kappa shape index (κ3) is 3.02. The molecule has 9 heteroatoms. The van der Waals surface area contributed by atoms with Crippen molar-refractivity contribution in [3.8, 4) is 0 Å². The van der Waals surface area contributed by atoms with Crippen molar-refractivity contribution < 1.29 is 31.1 Å². The maximum atomic E-state index is 12.2. The molecule has 1 aliphatic rings. The van der Waals surface area contributed by atoms with Crippen LogP contribution in [-0.2, 0) is 4.79 Å². The van der Waals surface area contributed by atoms with Crippen LogP contribution in [0.5, 0.6) is 0 Å². The van der Waals surface area contributed by atoms with Gasteiger partial charge in [0, 0.05) is 19.0 Å². The van der Waals surface area contributed by atoms with E-state index in [1.54, 1.807) is 0 Å². The van der Waals surface area contributed by atoms with E-state index in [0.29, 0.717) is 4.90 Å². The van der Waals surface area contributed by atoms with Gasteiger partial charge in [0.15, 0.2) is 0 Å². The third-order valence-corrected chi connectivity index (χ3v) is 2.50. The number of halogens is 6. The van der Waals surface area contributed by atoms with E-state index >= 15 is 0 Å². The number of rotatable bonds is 2. The van der Waals surface area contributed by atoms with Gasteiger partial charge in [-0.1, -0.05) is 0 Å². The second kappa shape index (κ2) is 4.35. The molecule has 1 rings (SSSR count). The minimum Gasteiger partial charge on any atom is -0.341 e. The number of nitrogens with zero attached hydrogens (tertiary/aromatic N) is 1. The molecule has 0 aromatic carbocycles. The van der Waals surface area contributed by atoms with Crippen molar-refractivity contribution in [2.24, 2.45) is 17.6 Å². The minimum absolute atomic E-state index is 0.131. The van der Waals surface area contributed by atoms with Crippen molar-refractivity contribution in [1.29, 1.82) is 0 Å². The maximum Gasteiger partial charge on any atom is 0.409 e. The Morgan fingerprint density at radius 2 is 1.59 bits per heavy atom. The van der Waals surface area contributed by atoms with Gasteiger partial charge in [0.1, 0.15) is 0 Å². The number of likely N-dealkylation sites (tertiary alicyclic amines) is 1. The number of hydrogen-bond donors (Lipinski definition) is 1. The summed E-state index contributed by atoms with van der Waals surface area (Å²) in [5, 5.41) is 0. The van der Waals surface area contributed by atoms with Crippen LogP contribution in [-0.4, -0.2) is 42.8 Å². The average Bonchev–Trinajstić information content (AvgIpc) is 1.95. The minimum atomic E-state index is -5.62. The number of hydrogen-bond acceptors (Lipinski definition) is 2. The smallest absolute Gasteiger partial charge is 0.341 e. The zero-order valence-electron chi connectivity index (χ0n) is 8.48. The van der Waals surface area contributed by atoms with Gasteiger partial charge >= 0.3 is 12.4 Å². The van der Waals surface area contributed by atoms with E-state index < -0.39 is 24.2 Å². The van der Waals surface area contributed by atoms with E-state index in [9.17, 15) is 31.1 Å². The monoisotopic (exact) mass is 264 g/mol. The zero-order chi connectivity index (χ0) is 13.4. The molecule has 0 aromatic heterocycles. The van der Waals surface area contributed by atoms with E-state index in [4.69, 9.17) is 5.73 Å². The van der Waals surface area contributed by atoms with Gasteiger partial charge in [-0.15, -0.1) is 0 Å². The molecular formula is C8H10F6N2O. The molecule has 1 amide bonds. The fraction of sp³-hybridized carbons (Fsp3) is 0.875. The summed E-state index contributed by atoms with van der Waals surface area (Å²) < 4.78 is 73.0. The van der Waals surface area contributed by atoms with Crippen molar-refractivity contribution >= 4 is 5.91 Å². The fourth-order valence-corrected chi connectivity index (χ4v) is 1.55. The first kappa shape index (κ1) is 14.1. The predicted molar refractivity (Wildman–Crippen MR) is 44.7 cm³/mol. The highest BCUT2D eigenvalue weighted by molar-refractivity contribution is 5.81. The lowest BCUT2D eigenvalue weighted by atomic mass is 9.97. The molecule has 0 aliphatic carbocycles. The lowest BCUT2D eigenvalue weighted by Gasteiger charge is -2.41. The van der Waals surface area contributed by atoms with Gasteiger partial charge in [-0.25, -0.2) is 0 Å². The van der Waals surface area contributed by atoms with Crippen molar-refractivity contribution in [3.05, 3.63) is 0 Å². The predicted octanol–water partition coefficient (Wildman–Crippen LogP) is 1.14. The summed E-state index contributed by atoms with van der Waals surface area (Å²) >= 11 is 0. The van der Waals surface area contributed by atoms with Crippen LogP contribution in [0.2, 0.25) is 0 Å². The van der Waals surface area contributed by atoms with Crippen molar-refractivity contribution in [3.63, 3.8) is 0 Å². The summed E-state index contributed by atoms with van der Waals surface area (Å²) in [4.78, 5) is 11.7. The van der Waals surface area contributed by atoms with E-state index in [0.717, 1.165) is 0 Å². The van der Waals surface area contributed by atoms with Gasteiger partial charge in [0.2, 0.25) is 11.8 Å². The average molecular weight is 264 g/mol. The molecule has 2 N–H and O–H groups in total. The highest BCUT2D eigenvalue weighted by atomic mass is 19.4. The number of nitrogens with two attached hydrogens (primary N) is 1. The Kier molecular flexibility index (Phi) is 3.60. The lowest BCUT2D eigenvalue weighted by molar-refractivity contribution is -0.279. The summed E-state index contributed by atoms with van der Waals surface area (Å²) in [6.45, 7) is -0.178. The molecule has 0 spiro atoms. The molecule has 17 heavy (non-hydrogen) atoms. The second-order valence-electron chi connectivity index (χ2n) is 3.86. The largest absolute Gasteiger partial charge is 0.409 e. The Morgan fingerprint density at radius 3 is 1.88 bits per heavy atom. The molecule has 100 valence electrons. The van der Waals surface area contributed by atoms with E-state index in [-0.39, 0.29) is 25.6 Å². The topological polar surface area (TPSA) is 46.3 Å². The molecule has 1 saturated heterocycles. The quantitative estimate of drug-likeness (QED) is 0.760. The number of carbonyl (C=O) groups excluding carboxylic acids is 1. The first-order chi connectivity index (χ1) is 7.57. The molecule has 1 fully saturated rings. The van der Waals surface area contributed by atoms with Crippen LogP contribution in [0.4, 0.5) is 26.3 Å². The molecule has 0 saturated carbocycles. The standard InChI is InChI=1S/C8H10F6N2O/c9-7(10,11)5(8(12,13)14)6(17)16-2-4(1-15)3-16/h4-5H,1-3,15H2. The molecular weight excluding hydrogens is 254 g/mol. The second-order valence-corrected chi connectivity index (χ2v) is 3.86. The van der Waals surface area contributed by atoms with Crippen LogP contribution in [0, 0.1) is 11.8 Å². The Hall–Kier alpha value is -0.990. The maximum absolute atomic E-state index is 12.2. The van der Waals surface area contributed by atoms with Crippen molar-refractivity contribution in [1.82, 2.24) is 4.90 Å². The molecule has 1 aliphatic heterocycles.